The summed E-state index contributed by atoms with van der Waals surface area (Å²) in [5.74, 6) is -1.04. The lowest BCUT2D eigenvalue weighted by Gasteiger charge is -2.31. The molecule has 1 amide bonds. The molecule has 2 rings (SSSR count). The smallest absolute Gasteiger partial charge is 0.415 e. The summed E-state index contributed by atoms with van der Waals surface area (Å²) >= 11 is 0. The quantitative estimate of drug-likeness (QED) is 0.863. The van der Waals surface area contributed by atoms with Gasteiger partial charge in [0.15, 0.2) is 0 Å². The Balaban J connectivity index is 2.52. The van der Waals surface area contributed by atoms with Gasteiger partial charge in [-0.05, 0) is 32.4 Å². The minimum absolute atomic E-state index is 0.601. The lowest BCUT2D eigenvalue weighted by atomic mass is 9.80. The maximum Gasteiger partial charge on any atom is 0.415 e. The molecule has 21 heavy (non-hydrogen) atoms. The van der Waals surface area contributed by atoms with Gasteiger partial charge in [0.25, 0.3) is 0 Å². The molecule has 5 nitrogen and oxygen atoms in total. The molecule has 0 fully saturated rings. The molecule has 0 spiro atoms. The standard InChI is InChI=1S/C16H21NO4/c1-15(2,3)21-14(20)17-11-9-7-6-8-10(11)16(4,5)12(17)13(18)19/h6-9,12H,1-5H3,(H,18,19). The second-order valence-electron chi connectivity index (χ2n) is 6.83. The van der Waals surface area contributed by atoms with E-state index >= 15 is 0 Å². The summed E-state index contributed by atoms with van der Waals surface area (Å²) in [6.45, 7) is 8.93. The molecular formula is C16H21NO4. The maximum absolute atomic E-state index is 12.5. The third-order valence-corrected chi connectivity index (χ3v) is 3.62. The van der Waals surface area contributed by atoms with Crippen LogP contribution < -0.4 is 4.90 Å². The topological polar surface area (TPSA) is 66.8 Å². The number of carbonyl (C=O) groups is 2. The van der Waals surface area contributed by atoms with Gasteiger partial charge in [0.2, 0.25) is 0 Å². The third kappa shape index (κ3) is 2.60. The van der Waals surface area contributed by atoms with Crippen LogP contribution in [0.5, 0.6) is 0 Å². The van der Waals surface area contributed by atoms with Gasteiger partial charge < -0.3 is 9.84 Å². The number of nitrogens with zero attached hydrogens (tertiary/aromatic N) is 1. The van der Waals surface area contributed by atoms with Crippen molar-refractivity contribution in [2.24, 2.45) is 0 Å². The Morgan fingerprint density at radius 3 is 2.33 bits per heavy atom. The average molecular weight is 291 g/mol. The fourth-order valence-corrected chi connectivity index (χ4v) is 2.77. The van der Waals surface area contributed by atoms with Crippen LogP contribution in [-0.2, 0) is 14.9 Å². The normalized spacial score (nSPS) is 20.0. The molecular weight excluding hydrogens is 270 g/mol. The molecule has 0 aromatic heterocycles. The Morgan fingerprint density at radius 2 is 1.81 bits per heavy atom. The Bertz CT molecular complexity index is 586. The van der Waals surface area contributed by atoms with Crippen molar-refractivity contribution < 1.29 is 19.4 Å². The Kier molecular flexibility index (Phi) is 3.48. The lowest BCUT2D eigenvalue weighted by molar-refractivity contribution is -0.139. The zero-order chi connectivity index (χ0) is 16.0. The van der Waals surface area contributed by atoms with Crippen molar-refractivity contribution in [3.8, 4) is 0 Å². The number of carboxylic acids is 1. The van der Waals surface area contributed by atoms with E-state index in [4.69, 9.17) is 4.74 Å². The molecule has 1 N–H and O–H groups in total. The molecule has 1 atom stereocenters. The highest BCUT2D eigenvalue weighted by Crippen LogP contribution is 2.45. The molecule has 5 heteroatoms. The summed E-state index contributed by atoms with van der Waals surface area (Å²) in [5, 5.41) is 9.59. The molecule has 1 aromatic carbocycles. The van der Waals surface area contributed by atoms with Gasteiger partial charge in [-0.3, -0.25) is 4.90 Å². The highest BCUT2D eigenvalue weighted by Gasteiger charge is 2.52. The van der Waals surface area contributed by atoms with Gasteiger partial charge in [0.05, 0.1) is 5.69 Å². The zero-order valence-electron chi connectivity index (χ0n) is 13.0. The summed E-state index contributed by atoms with van der Waals surface area (Å²) in [4.78, 5) is 25.4. The van der Waals surface area contributed by atoms with E-state index in [0.29, 0.717) is 5.69 Å². The number of amides is 1. The summed E-state index contributed by atoms with van der Waals surface area (Å²) < 4.78 is 5.38. The van der Waals surface area contributed by atoms with Gasteiger partial charge in [-0.1, -0.05) is 32.0 Å². The first kappa shape index (κ1) is 15.4. The number of rotatable bonds is 1. The number of aliphatic carboxylic acids is 1. The first-order valence-electron chi connectivity index (χ1n) is 6.90. The average Bonchev–Trinajstić information content (AvgIpc) is 2.56. The van der Waals surface area contributed by atoms with Crippen molar-refractivity contribution in [2.75, 3.05) is 4.90 Å². The molecule has 0 bridgehead atoms. The van der Waals surface area contributed by atoms with Gasteiger partial charge in [-0.25, -0.2) is 9.59 Å². The van der Waals surface area contributed by atoms with Crippen LogP contribution in [0.25, 0.3) is 0 Å². The summed E-state index contributed by atoms with van der Waals surface area (Å²) in [7, 11) is 0. The number of carboxylic acid groups (broad SMARTS) is 1. The van der Waals surface area contributed by atoms with Crippen LogP contribution >= 0.6 is 0 Å². The van der Waals surface area contributed by atoms with Crippen LogP contribution in [0.2, 0.25) is 0 Å². The van der Waals surface area contributed by atoms with E-state index in [1.807, 2.05) is 26.0 Å². The second kappa shape index (κ2) is 4.76. The molecule has 0 saturated carbocycles. The lowest BCUT2D eigenvalue weighted by Crippen LogP contribution is -2.51. The number of hydrogen-bond acceptors (Lipinski definition) is 3. The van der Waals surface area contributed by atoms with Crippen molar-refractivity contribution in [3.63, 3.8) is 0 Å². The predicted octanol–water partition coefficient (Wildman–Crippen LogP) is 3.17. The molecule has 1 aliphatic heterocycles. The highest BCUT2D eigenvalue weighted by molar-refractivity contribution is 6.00. The van der Waals surface area contributed by atoms with E-state index < -0.39 is 29.1 Å². The molecule has 114 valence electrons. The van der Waals surface area contributed by atoms with Gasteiger partial charge in [0.1, 0.15) is 11.6 Å². The molecule has 1 aromatic rings. The second-order valence-corrected chi connectivity index (χ2v) is 6.83. The van der Waals surface area contributed by atoms with E-state index in [9.17, 15) is 14.7 Å². The van der Waals surface area contributed by atoms with Gasteiger partial charge in [-0.15, -0.1) is 0 Å². The Labute approximate surface area is 124 Å². The van der Waals surface area contributed by atoms with Gasteiger partial charge >= 0.3 is 12.1 Å². The number of fused-ring (bicyclic) bond motifs is 1. The van der Waals surface area contributed by atoms with Crippen LogP contribution in [0.1, 0.15) is 40.2 Å². The van der Waals surface area contributed by atoms with Gasteiger partial charge in [-0.2, -0.15) is 0 Å². The SMILES string of the molecule is CC(C)(C)OC(=O)N1c2ccccc2C(C)(C)C1C(=O)O. The highest BCUT2D eigenvalue weighted by atomic mass is 16.6. The summed E-state index contributed by atoms with van der Waals surface area (Å²) in [5.41, 5.74) is 0.0774. The number of carbonyl (C=O) groups excluding carboxylic acids is 1. The third-order valence-electron chi connectivity index (χ3n) is 3.62. The number of para-hydroxylation sites is 1. The molecule has 1 unspecified atom stereocenters. The maximum atomic E-state index is 12.5. The Hall–Kier alpha value is -2.04. The van der Waals surface area contributed by atoms with Crippen molar-refractivity contribution in [2.45, 2.75) is 51.7 Å². The van der Waals surface area contributed by atoms with Crippen LogP contribution in [0.3, 0.4) is 0 Å². The van der Waals surface area contributed by atoms with Crippen LogP contribution in [0, 0.1) is 0 Å². The van der Waals surface area contributed by atoms with E-state index in [1.165, 1.54) is 4.90 Å². The molecule has 1 aliphatic rings. The molecule has 0 radical (unpaired) electrons. The predicted molar refractivity (Wildman–Crippen MR) is 79.6 cm³/mol. The fourth-order valence-electron chi connectivity index (χ4n) is 2.77. The number of benzene rings is 1. The molecule has 0 aliphatic carbocycles. The number of hydrogen-bond donors (Lipinski definition) is 1. The van der Waals surface area contributed by atoms with Gasteiger partial charge in [0, 0.05) is 5.41 Å². The first-order valence-corrected chi connectivity index (χ1v) is 6.90. The monoisotopic (exact) mass is 291 g/mol. The van der Waals surface area contributed by atoms with Crippen LogP contribution in [0.4, 0.5) is 10.5 Å². The van der Waals surface area contributed by atoms with Crippen molar-refractivity contribution in [1.82, 2.24) is 0 Å². The first-order chi connectivity index (χ1) is 9.55. The van der Waals surface area contributed by atoms with Crippen molar-refractivity contribution in [1.29, 1.82) is 0 Å². The Morgan fingerprint density at radius 1 is 1.24 bits per heavy atom. The largest absolute Gasteiger partial charge is 0.480 e. The van der Waals surface area contributed by atoms with E-state index in [1.54, 1.807) is 32.9 Å². The summed E-state index contributed by atoms with van der Waals surface area (Å²) in [6, 6.07) is 6.26. The summed E-state index contributed by atoms with van der Waals surface area (Å²) in [6.07, 6.45) is -0.632. The molecule has 1 heterocycles. The van der Waals surface area contributed by atoms with Crippen LogP contribution in [-0.4, -0.2) is 28.8 Å². The van der Waals surface area contributed by atoms with Crippen molar-refractivity contribution >= 4 is 17.7 Å². The van der Waals surface area contributed by atoms with E-state index in [2.05, 4.69) is 0 Å². The van der Waals surface area contributed by atoms with E-state index in [-0.39, 0.29) is 0 Å². The van der Waals surface area contributed by atoms with Crippen molar-refractivity contribution in [3.05, 3.63) is 29.8 Å². The zero-order valence-corrected chi connectivity index (χ0v) is 13.0. The van der Waals surface area contributed by atoms with E-state index in [0.717, 1.165) is 5.56 Å². The number of anilines is 1. The fraction of sp³-hybridized carbons (Fsp3) is 0.500. The number of ether oxygens (including phenoxy) is 1. The minimum atomic E-state index is -1.04. The molecule has 0 saturated heterocycles. The van der Waals surface area contributed by atoms with Crippen LogP contribution in [0.15, 0.2) is 24.3 Å². The minimum Gasteiger partial charge on any atom is -0.480 e.